The summed E-state index contributed by atoms with van der Waals surface area (Å²) in [6, 6.07) is 5.94. The molecule has 0 atom stereocenters. The molecule has 2 heteroatoms. The molecule has 0 unspecified atom stereocenters. The van der Waals surface area contributed by atoms with Crippen molar-refractivity contribution in [3.8, 4) is 0 Å². The molecule has 1 amide bonds. The van der Waals surface area contributed by atoms with Crippen molar-refractivity contribution in [2.24, 2.45) is 0 Å². The molecule has 0 fully saturated rings. The second-order valence-electron chi connectivity index (χ2n) is 2.78. The quantitative estimate of drug-likeness (QED) is 0.658. The van der Waals surface area contributed by atoms with E-state index >= 15 is 0 Å². The van der Waals surface area contributed by atoms with Gasteiger partial charge in [-0.2, -0.15) is 0 Å². The van der Waals surface area contributed by atoms with E-state index in [0.29, 0.717) is 6.41 Å². The lowest BCUT2D eigenvalue weighted by atomic mass is 10.1. The maximum atomic E-state index is 10.1. The molecule has 0 saturated heterocycles. The third kappa shape index (κ3) is 1.11. The van der Waals surface area contributed by atoms with E-state index in [1.54, 1.807) is 0 Å². The van der Waals surface area contributed by atoms with Gasteiger partial charge in [0.05, 0.1) is 0 Å². The first-order valence-electron chi connectivity index (χ1n) is 3.90. The van der Waals surface area contributed by atoms with Crippen molar-refractivity contribution in [1.29, 1.82) is 0 Å². The molecule has 1 N–H and O–H groups in total. The maximum absolute atomic E-state index is 10.1. The second kappa shape index (κ2) is 2.81. The Kier molecular flexibility index (Phi) is 1.67. The summed E-state index contributed by atoms with van der Waals surface area (Å²) >= 11 is 0. The summed E-state index contributed by atoms with van der Waals surface area (Å²) in [5, 5.41) is 2.62. The Morgan fingerprint density at radius 1 is 1.50 bits per heavy atom. The van der Waals surface area contributed by atoms with Gasteiger partial charge in [0.25, 0.3) is 0 Å². The highest BCUT2D eigenvalue weighted by Gasteiger charge is 2.04. The first-order valence-corrected chi connectivity index (χ1v) is 3.90. The highest BCUT2D eigenvalue weighted by atomic mass is 16.1. The van der Waals surface area contributed by atoms with Crippen molar-refractivity contribution < 1.29 is 6.22 Å². The third-order valence-electron chi connectivity index (χ3n) is 2.01. The Labute approximate surface area is 72.4 Å². The number of anilines is 1. The average Bonchev–Trinajstić information content (AvgIpc) is 2.51. The van der Waals surface area contributed by atoms with E-state index in [1.807, 2.05) is 18.2 Å². The van der Waals surface area contributed by atoms with Gasteiger partial charge in [-0.05, 0) is 29.7 Å². The maximum Gasteiger partial charge on any atom is 1.00 e. The predicted octanol–water partition coefficient (Wildman–Crippen LogP) is 1.94. The molecule has 0 aromatic heterocycles. The Morgan fingerprint density at radius 3 is 3.25 bits per heavy atom. The molecule has 1 aliphatic rings. The summed E-state index contributed by atoms with van der Waals surface area (Å²) in [5.41, 5.74) is 3.39. The summed E-state index contributed by atoms with van der Waals surface area (Å²) in [6.07, 6.45) is 5.90. The Bertz CT molecular complexity index is 347. The van der Waals surface area contributed by atoms with Gasteiger partial charge >= 0.3 is 1.43 Å². The predicted molar refractivity (Wildman–Crippen MR) is 50.0 cm³/mol. The molecular formula is C10H10NO+. The summed E-state index contributed by atoms with van der Waals surface area (Å²) in [4.78, 5) is 10.1. The number of nitrogens with one attached hydrogen (secondary N) is 1. The third-order valence-corrected chi connectivity index (χ3v) is 2.01. The monoisotopic (exact) mass is 160 g/mol. The number of fused-ring (bicyclic) bond motifs is 1. The van der Waals surface area contributed by atoms with Crippen molar-refractivity contribution in [3.63, 3.8) is 0 Å². The zero-order valence-electron chi connectivity index (χ0n) is 7.58. The number of amides is 1. The van der Waals surface area contributed by atoms with Crippen LogP contribution < -0.4 is 5.32 Å². The fraction of sp³-hybridized carbons (Fsp3) is 0.100. The van der Waals surface area contributed by atoms with E-state index in [-0.39, 0.29) is 1.43 Å². The van der Waals surface area contributed by atoms with Gasteiger partial charge in [-0.1, -0.05) is 18.2 Å². The Morgan fingerprint density at radius 2 is 2.42 bits per heavy atom. The molecule has 0 bridgehead atoms. The number of rotatable bonds is 2. The van der Waals surface area contributed by atoms with Gasteiger partial charge in [0, 0.05) is 5.69 Å². The molecule has 0 aliphatic heterocycles. The SMILES string of the molecule is O=CNc1ccc2c(c1)C=CC2.[H+]. The van der Waals surface area contributed by atoms with Crippen molar-refractivity contribution in [2.75, 3.05) is 5.32 Å². The van der Waals surface area contributed by atoms with Crippen molar-refractivity contribution in [3.05, 3.63) is 35.4 Å². The molecule has 1 aliphatic carbocycles. The van der Waals surface area contributed by atoms with Crippen molar-refractivity contribution in [1.82, 2.24) is 0 Å². The number of hydrogen-bond donors (Lipinski definition) is 1. The van der Waals surface area contributed by atoms with E-state index in [9.17, 15) is 4.79 Å². The zero-order valence-corrected chi connectivity index (χ0v) is 6.58. The fourth-order valence-electron chi connectivity index (χ4n) is 1.41. The average molecular weight is 160 g/mol. The summed E-state index contributed by atoms with van der Waals surface area (Å²) in [7, 11) is 0. The van der Waals surface area contributed by atoms with Crippen LogP contribution in [0.1, 0.15) is 12.6 Å². The first kappa shape index (κ1) is 7.10. The lowest BCUT2D eigenvalue weighted by Crippen LogP contribution is -1.94. The smallest absolute Gasteiger partial charge is 0.329 e. The molecule has 1 aromatic carbocycles. The van der Waals surface area contributed by atoms with E-state index in [4.69, 9.17) is 0 Å². The van der Waals surface area contributed by atoms with Crippen LogP contribution in [-0.2, 0) is 11.2 Å². The van der Waals surface area contributed by atoms with Crippen LogP contribution in [0.4, 0.5) is 5.69 Å². The van der Waals surface area contributed by atoms with E-state index in [1.165, 1.54) is 11.1 Å². The minimum Gasteiger partial charge on any atom is -0.329 e. The molecule has 0 radical (unpaired) electrons. The van der Waals surface area contributed by atoms with E-state index in [2.05, 4.69) is 17.5 Å². The van der Waals surface area contributed by atoms with Gasteiger partial charge < -0.3 is 5.32 Å². The second-order valence-corrected chi connectivity index (χ2v) is 2.78. The number of hydrogen-bond acceptors (Lipinski definition) is 1. The van der Waals surface area contributed by atoms with Gasteiger partial charge in [0.1, 0.15) is 0 Å². The standard InChI is InChI=1S/C10H9NO/c12-7-11-10-5-4-8-2-1-3-9(8)6-10/h1,3-7H,2H2,(H,11,12)/p+1. The van der Waals surface area contributed by atoms with Crippen LogP contribution in [0.15, 0.2) is 24.3 Å². The molecule has 60 valence electrons. The van der Waals surface area contributed by atoms with Gasteiger partial charge in [0.2, 0.25) is 6.41 Å². The number of allylic oxidation sites excluding steroid dienone is 1. The minimum atomic E-state index is 0. The van der Waals surface area contributed by atoms with Gasteiger partial charge in [-0.15, -0.1) is 0 Å². The summed E-state index contributed by atoms with van der Waals surface area (Å²) in [5.74, 6) is 0. The van der Waals surface area contributed by atoms with Crippen LogP contribution >= 0.6 is 0 Å². The van der Waals surface area contributed by atoms with Crippen LogP contribution in [0.3, 0.4) is 0 Å². The Balaban J connectivity index is 0.000000845. The van der Waals surface area contributed by atoms with Gasteiger partial charge in [0.15, 0.2) is 0 Å². The molecule has 0 saturated carbocycles. The Hall–Kier alpha value is -1.57. The summed E-state index contributed by atoms with van der Waals surface area (Å²) < 4.78 is 0. The molecule has 2 rings (SSSR count). The van der Waals surface area contributed by atoms with Crippen molar-refractivity contribution in [2.45, 2.75) is 6.42 Å². The minimum absolute atomic E-state index is 0. The zero-order chi connectivity index (χ0) is 8.39. The molecule has 0 spiro atoms. The molecule has 1 aromatic rings. The number of carbonyl (C=O) groups excluding carboxylic acids is 1. The topological polar surface area (TPSA) is 29.1 Å². The summed E-state index contributed by atoms with van der Waals surface area (Å²) in [6.45, 7) is 0. The molecular weight excluding hydrogens is 150 g/mol. The van der Waals surface area contributed by atoms with Crippen LogP contribution in [0.25, 0.3) is 6.08 Å². The normalized spacial score (nSPS) is 12.7. The molecule has 0 heterocycles. The van der Waals surface area contributed by atoms with Crippen LogP contribution in [0.2, 0.25) is 0 Å². The highest BCUT2D eigenvalue weighted by Crippen LogP contribution is 2.22. The van der Waals surface area contributed by atoms with Crippen LogP contribution in [-0.4, -0.2) is 6.41 Å². The highest BCUT2D eigenvalue weighted by molar-refractivity contribution is 5.74. The van der Waals surface area contributed by atoms with Crippen molar-refractivity contribution >= 4 is 18.2 Å². The molecule has 12 heavy (non-hydrogen) atoms. The van der Waals surface area contributed by atoms with Gasteiger partial charge in [-0.3, -0.25) is 4.79 Å². The molecule has 2 nitrogen and oxygen atoms in total. The fourth-order valence-corrected chi connectivity index (χ4v) is 1.41. The van der Waals surface area contributed by atoms with Crippen LogP contribution in [0, 0.1) is 0 Å². The van der Waals surface area contributed by atoms with E-state index in [0.717, 1.165) is 12.1 Å². The lowest BCUT2D eigenvalue weighted by Gasteiger charge is -2.01. The number of carbonyl (C=O) groups is 1. The lowest BCUT2D eigenvalue weighted by molar-refractivity contribution is -0.105. The van der Waals surface area contributed by atoms with Crippen LogP contribution in [0.5, 0.6) is 0 Å². The van der Waals surface area contributed by atoms with Gasteiger partial charge in [-0.25, -0.2) is 0 Å². The largest absolute Gasteiger partial charge is 1.00 e. The van der Waals surface area contributed by atoms with E-state index < -0.39 is 0 Å². The first-order chi connectivity index (χ1) is 5.90. The number of benzene rings is 1.